The lowest BCUT2D eigenvalue weighted by atomic mass is 9.89. The third-order valence-corrected chi connectivity index (χ3v) is 3.23. The predicted molar refractivity (Wildman–Crippen MR) is 66.0 cm³/mol. The topological polar surface area (TPSA) is 73.7 Å². The number of likely N-dealkylation sites (tertiary alicyclic amines) is 1. The molecule has 1 aliphatic rings. The van der Waals surface area contributed by atoms with Crippen molar-refractivity contribution in [3.63, 3.8) is 0 Å². The van der Waals surface area contributed by atoms with E-state index in [1.807, 2.05) is 18.2 Å². The first-order chi connectivity index (χ1) is 8.57. The van der Waals surface area contributed by atoms with Crippen LogP contribution in [-0.4, -0.2) is 44.8 Å². The molecule has 98 valence electrons. The van der Waals surface area contributed by atoms with Crippen molar-refractivity contribution >= 4 is 5.97 Å². The van der Waals surface area contributed by atoms with Gasteiger partial charge >= 0.3 is 5.97 Å². The molecular weight excluding hydrogens is 232 g/mol. The standard InChI is InChI=1S/C13H18N2O3/c16-12(17)8-13(18)5-3-7-15(10-13)9-11-4-1-2-6-14-11/h1-2,4,6,18H,3,5,7-10H2,(H,16,17). The molecule has 0 bridgehead atoms. The molecule has 0 aliphatic carbocycles. The lowest BCUT2D eigenvalue weighted by molar-refractivity contribution is -0.145. The summed E-state index contributed by atoms with van der Waals surface area (Å²) in [5.41, 5.74) is -0.157. The number of nitrogens with zero attached hydrogens (tertiary/aromatic N) is 2. The fourth-order valence-corrected chi connectivity index (χ4v) is 2.49. The third kappa shape index (κ3) is 3.51. The maximum atomic E-state index is 10.7. The van der Waals surface area contributed by atoms with Crippen molar-refractivity contribution in [2.24, 2.45) is 0 Å². The minimum Gasteiger partial charge on any atom is -0.481 e. The van der Waals surface area contributed by atoms with E-state index in [1.54, 1.807) is 6.20 Å². The molecule has 5 heteroatoms. The van der Waals surface area contributed by atoms with Crippen molar-refractivity contribution in [2.75, 3.05) is 13.1 Å². The second-order valence-electron chi connectivity index (χ2n) is 4.93. The molecule has 1 saturated heterocycles. The van der Waals surface area contributed by atoms with Crippen LogP contribution in [-0.2, 0) is 11.3 Å². The van der Waals surface area contributed by atoms with Crippen LogP contribution in [0.25, 0.3) is 0 Å². The zero-order valence-corrected chi connectivity index (χ0v) is 10.2. The molecule has 0 radical (unpaired) electrons. The number of aromatic nitrogens is 1. The molecule has 2 N–H and O–H groups in total. The van der Waals surface area contributed by atoms with E-state index < -0.39 is 11.6 Å². The summed E-state index contributed by atoms with van der Waals surface area (Å²) in [7, 11) is 0. The number of carboxylic acids is 1. The van der Waals surface area contributed by atoms with Gasteiger partial charge in [-0.05, 0) is 31.5 Å². The first-order valence-corrected chi connectivity index (χ1v) is 6.14. The predicted octanol–water partition coefficient (Wildman–Crippen LogP) is 0.883. The summed E-state index contributed by atoms with van der Waals surface area (Å²) in [5.74, 6) is -0.947. The lowest BCUT2D eigenvalue weighted by Gasteiger charge is -2.38. The molecule has 1 aromatic rings. The summed E-state index contributed by atoms with van der Waals surface area (Å²) in [5, 5.41) is 19.1. The van der Waals surface area contributed by atoms with E-state index in [2.05, 4.69) is 9.88 Å². The molecule has 0 spiro atoms. The highest BCUT2D eigenvalue weighted by molar-refractivity contribution is 5.68. The van der Waals surface area contributed by atoms with Gasteiger partial charge in [-0.1, -0.05) is 6.07 Å². The quantitative estimate of drug-likeness (QED) is 0.830. The Morgan fingerprint density at radius 1 is 1.50 bits per heavy atom. The van der Waals surface area contributed by atoms with Crippen LogP contribution in [0.1, 0.15) is 25.0 Å². The minimum atomic E-state index is -1.10. The molecule has 1 atom stereocenters. The number of carboxylic acid groups (broad SMARTS) is 1. The number of aliphatic carboxylic acids is 1. The van der Waals surface area contributed by atoms with Gasteiger partial charge in [0.25, 0.3) is 0 Å². The van der Waals surface area contributed by atoms with E-state index in [0.29, 0.717) is 19.5 Å². The molecule has 1 fully saturated rings. The molecule has 2 rings (SSSR count). The summed E-state index contributed by atoms with van der Waals surface area (Å²) >= 11 is 0. The number of pyridine rings is 1. The van der Waals surface area contributed by atoms with Crippen LogP contribution in [0, 0.1) is 0 Å². The molecule has 1 unspecified atom stereocenters. The van der Waals surface area contributed by atoms with Crippen LogP contribution < -0.4 is 0 Å². The van der Waals surface area contributed by atoms with E-state index in [1.165, 1.54) is 0 Å². The van der Waals surface area contributed by atoms with Gasteiger partial charge in [-0.3, -0.25) is 14.7 Å². The SMILES string of the molecule is O=C(O)CC1(O)CCCN(Cc2ccccn2)C1. The molecule has 1 aromatic heterocycles. The van der Waals surface area contributed by atoms with Gasteiger partial charge in [-0.15, -0.1) is 0 Å². The van der Waals surface area contributed by atoms with E-state index in [0.717, 1.165) is 18.7 Å². The fourth-order valence-electron chi connectivity index (χ4n) is 2.49. The molecule has 0 amide bonds. The number of rotatable bonds is 4. The number of carbonyl (C=O) groups is 1. The van der Waals surface area contributed by atoms with Crippen molar-refractivity contribution in [1.82, 2.24) is 9.88 Å². The van der Waals surface area contributed by atoms with E-state index in [4.69, 9.17) is 5.11 Å². The monoisotopic (exact) mass is 250 g/mol. The van der Waals surface area contributed by atoms with Gasteiger partial charge in [0, 0.05) is 19.3 Å². The smallest absolute Gasteiger partial charge is 0.306 e. The van der Waals surface area contributed by atoms with Gasteiger partial charge in [0.15, 0.2) is 0 Å². The number of hydrogen-bond donors (Lipinski definition) is 2. The van der Waals surface area contributed by atoms with Crippen molar-refractivity contribution in [1.29, 1.82) is 0 Å². The van der Waals surface area contributed by atoms with Crippen molar-refractivity contribution in [3.8, 4) is 0 Å². The van der Waals surface area contributed by atoms with Crippen LogP contribution in [0.4, 0.5) is 0 Å². The molecule has 0 saturated carbocycles. The van der Waals surface area contributed by atoms with E-state index >= 15 is 0 Å². The summed E-state index contributed by atoms with van der Waals surface area (Å²) in [6.07, 6.45) is 2.92. The molecule has 18 heavy (non-hydrogen) atoms. The van der Waals surface area contributed by atoms with Gasteiger partial charge in [0.1, 0.15) is 0 Å². The number of aliphatic hydroxyl groups is 1. The molecule has 1 aliphatic heterocycles. The van der Waals surface area contributed by atoms with Crippen LogP contribution in [0.3, 0.4) is 0 Å². The normalized spacial score (nSPS) is 24.9. The molecule has 5 nitrogen and oxygen atoms in total. The molecular formula is C13H18N2O3. The Morgan fingerprint density at radius 3 is 3.00 bits per heavy atom. The Morgan fingerprint density at radius 2 is 2.33 bits per heavy atom. The summed E-state index contributed by atoms with van der Waals surface area (Å²) in [4.78, 5) is 17.1. The summed E-state index contributed by atoms with van der Waals surface area (Å²) in [6.45, 7) is 1.93. The Hall–Kier alpha value is -1.46. The van der Waals surface area contributed by atoms with Crippen molar-refractivity contribution in [2.45, 2.75) is 31.4 Å². The van der Waals surface area contributed by atoms with Crippen LogP contribution in [0.2, 0.25) is 0 Å². The van der Waals surface area contributed by atoms with Gasteiger partial charge in [-0.25, -0.2) is 0 Å². The van der Waals surface area contributed by atoms with Crippen LogP contribution in [0.5, 0.6) is 0 Å². The third-order valence-electron chi connectivity index (χ3n) is 3.23. The summed E-state index contributed by atoms with van der Waals surface area (Å²) in [6, 6.07) is 5.72. The van der Waals surface area contributed by atoms with Crippen molar-refractivity contribution < 1.29 is 15.0 Å². The van der Waals surface area contributed by atoms with Crippen LogP contribution in [0.15, 0.2) is 24.4 Å². The van der Waals surface area contributed by atoms with E-state index in [9.17, 15) is 9.90 Å². The Kier molecular flexibility index (Phi) is 3.93. The molecule has 2 heterocycles. The average molecular weight is 250 g/mol. The van der Waals surface area contributed by atoms with Gasteiger partial charge < -0.3 is 10.2 Å². The van der Waals surface area contributed by atoms with Gasteiger partial charge in [0.2, 0.25) is 0 Å². The van der Waals surface area contributed by atoms with Gasteiger partial charge in [0.05, 0.1) is 17.7 Å². The van der Waals surface area contributed by atoms with E-state index in [-0.39, 0.29) is 6.42 Å². The average Bonchev–Trinajstić information content (AvgIpc) is 2.28. The largest absolute Gasteiger partial charge is 0.481 e. The zero-order valence-electron chi connectivity index (χ0n) is 10.2. The van der Waals surface area contributed by atoms with Crippen LogP contribution >= 0.6 is 0 Å². The summed E-state index contributed by atoms with van der Waals surface area (Å²) < 4.78 is 0. The zero-order chi connectivity index (χ0) is 13.0. The first-order valence-electron chi connectivity index (χ1n) is 6.14. The second-order valence-corrected chi connectivity index (χ2v) is 4.93. The van der Waals surface area contributed by atoms with Crippen molar-refractivity contribution in [3.05, 3.63) is 30.1 Å². The number of piperidine rings is 1. The second kappa shape index (κ2) is 5.46. The molecule has 0 aromatic carbocycles. The maximum absolute atomic E-state index is 10.7. The maximum Gasteiger partial charge on any atom is 0.306 e. The van der Waals surface area contributed by atoms with Gasteiger partial charge in [-0.2, -0.15) is 0 Å². The number of β-amino-alcohol motifs (C(OH)–C–C–N with tert-alkyl or cyclic N) is 1. The highest BCUT2D eigenvalue weighted by atomic mass is 16.4. The highest BCUT2D eigenvalue weighted by Gasteiger charge is 2.35. The fraction of sp³-hybridized carbons (Fsp3) is 0.538. The highest BCUT2D eigenvalue weighted by Crippen LogP contribution is 2.25. The Bertz CT molecular complexity index is 410. The lowest BCUT2D eigenvalue weighted by Crippen LogP contribution is -2.48. The Balaban J connectivity index is 1.96. The Labute approximate surface area is 106 Å². The first kappa shape index (κ1) is 13.0. The minimum absolute atomic E-state index is 0.189. The number of hydrogen-bond acceptors (Lipinski definition) is 4.